The molecular weight excluding hydrogens is 558 g/mol. The van der Waals surface area contributed by atoms with Gasteiger partial charge in [-0.15, -0.1) is 0 Å². The SMILES string of the molecule is COc1ncc(-c2ccc3nc(N)c(-c4cnc(N5CCCCC5)nc4)cc3c2)cc1CS(=O)c1ccc(F)cc1F. The van der Waals surface area contributed by atoms with Gasteiger partial charge in [-0.25, -0.2) is 28.7 Å². The highest BCUT2D eigenvalue weighted by Crippen LogP contribution is 2.32. The lowest BCUT2D eigenvalue weighted by Crippen LogP contribution is -2.30. The van der Waals surface area contributed by atoms with E-state index in [-0.39, 0.29) is 16.5 Å². The van der Waals surface area contributed by atoms with E-state index in [4.69, 9.17) is 10.5 Å². The van der Waals surface area contributed by atoms with Crippen molar-refractivity contribution in [2.45, 2.75) is 29.9 Å². The number of pyridine rings is 2. The second kappa shape index (κ2) is 11.8. The number of methoxy groups -OCH3 is 1. The van der Waals surface area contributed by atoms with Crippen LogP contribution in [0.5, 0.6) is 5.88 Å². The van der Waals surface area contributed by atoms with Gasteiger partial charge >= 0.3 is 0 Å². The van der Waals surface area contributed by atoms with Crippen LogP contribution in [0.15, 0.2) is 72.0 Å². The van der Waals surface area contributed by atoms with Crippen LogP contribution in [0.2, 0.25) is 0 Å². The van der Waals surface area contributed by atoms with E-state index in [1.807, 2.05) is 30.3 Å². The van der Waals surface area contributed by atoms with Gasteiger partial charge < -0.3 is 15.4 Å². The highest BCUT2D eigenvalue weighted by molar-refractivity contribution is 7.84. The second-order valence-electron chi connectivity index (χ2n) is 10.1. The van der Waals surface area contributed by atoms with Crippen molar-refractivity contribution in [1.82, 2.24) is 19.9 Å². The number of hydrogen-bond acceptors (Lipinski definition) is 8. The van der Waals surface area contributed by atoms with Crippen molar-refractivity contribution in [2.75, 3.05) is 30.8 Å². The lowest BCUT2D eigenvalue weighted by Gasteiger charge is -2.26. The topological polar surface area (TPSA) is 107 Å². The van der Waals surface area contributed by atoms with E-state index >= 15 is 0 Å². The quantitative estimate of drug-likeness (QED) is 0.250. The molecule has 5 aromatic rings. The van der Waals surface area contributed by atoms with Gasteiger partial charge in [0.15, 0.2) is 0 Å². The van der Waals surface area contributed by atoms with E-state index < -0.39 is 22.4 Å². The number of nitrogens with zero attached hydrogens (tertiary/aromatic N) is 5. The van der Waals surface area contributed by atoms with Gasteiger partial charge in [-0.05, 0) is 61.2 Å². The summed E-state index contributed by atoms with van der Waals surface area (Å²) in [6.45, 7) is 1.92. The number of nitrogen functional groups attached to an aromatic ring is 1. The highest BCUT2D eigenvalue weighted by atomic mass is 32.2. The van der Waals surface area contributed by atoms with Crippen LogP contribution in [0.4, 0.5) is 20.5 Å². The summed E-state index contributed by atoms with van der Waals surface area (Å²) in [6, 6.07) is 12.5. The van der Waals surface area contributed by atoms with Crippen LogP contribution in [-0.2, 0) is 16.6 Å². The minimum atomic E-state index is -1.78. The maximum absolute atomic E-state index is 14.3. The fourth-order valence-corrected chi connectivity index (χ4v) is 6.28. The number of aromatic nitrogens is 4. The summed E-state index contributed by atoms with van der Waals surface area (Å²) >= 11 is 0. The van der Waals surface area contributed by atoms with Gasteiger partial charge in [-0.3, -0.25) is 4.21 Å². The maximum Gasteiger partial charge on any atom is 0.225 e. The molecule has 214 valence electrons. The Balaban J connectivity index is 1.31. The summed E-state index contributed by atoms with van der Waals surface area (Å²) in [6.07, 6.45) is 8.74. The monoisotopic (exact) mass is 586 g/mol. The molecular formula is C31H28F2N6O2S. The largest absolute Gasteiger partial charge is 0.481 e. The Hall–Kier alpha value is -4.51. The first-order chi connectivity index (χ1) is 20.4. The molecule has 0 bridgehead atoms. The minimum Gasteiger partial charge on any atom is -0.481 e. The molecule has 2 aromatic carbocycles. The van der Waals surface area contributed by atoms with Crippen LogP contribution in [0.3, 0.4) is 0 Å². The molecule has 0 spiro atoms. The van der Waals surface area contributed by atoms with Crippen LogP contribution in [0.1, 0.15) is 24.8 Å². The van der Waals surface area contributed by atoms with Gasteiger partial charge in [0.1, 0.15) is 17.5 Å². The molecule has 2 N–H and O–H groups in total. The van der Waals surface area contributed by atoms with Crippen molar-refractivity contribution < 1.29 is 17.7 Å². The Morgan fingerprint density at radius 3 is 2.40 bits per heavy atom. The minimum absolute atomic E-state index is 0.0597. The first-order valence-electron chi connectivity index (χ1n) is 13.5. The third-order valence-electron chi connectivity index (χ3n) is 7.31. The van der Waals surface area contributed by atoms with E-state index in [0.29, 0.717) is 11.4 Å². The average Bonchev–Trinajstić information content (AvgIpc) is 3.01. The molecule has 6 rings (SSSR count). The van der Waals surface area contributed by atoms with Crippen LogP contribution >= 0.6 is 0 Å². The third-order valence-corrected chi connectivity index (χ3v) is 8.70. The van der Waals surface area contributed by atoms with Crippen molar-refractivity contribution >= 4 is 33.5 Å². The lowest BCUT2D eigenvalue weighted by molar-refractivity contribution is 0.394. The third kappa shape index (κ3) is 5.64. The molecule has 8 nitrogen and oxygen atoms in total. The lowest BCUT2D eigenvalue weighted by atomic mass is 10.0. The van der Waals surface area contributed by atoms with Gasteiger partial charge in [-0.2, -0.15) is 0 Å². The molecule has 0 saturated carbocycles. The molecule has 11 heteroatoms. The van der Waals surface area contributed by atoms with Gasteiger partial charge in [-0.1, -0.05) is 6.07 Å². The number of ether oxygens (including phenoxy) is 1. The molecule has 0 aliphatic carbocycles. The predicted octanol–water partition coefficient (Wildman–Crippen LogP) is 5.92. The van der Waals surface area contributed by atoms with Gasteiger partial charge in [0.25, 0.3) is 0 Å². The maximum atomic E-state index is 14.3. The smallest absolute Gasteiger partial charge is 0.225 e. The van der Waals surface area contributed by atoms with Gasteiger partial charge in [0.05, 0.1) is 34.1 Å². The molecule has 42 heavy (non-hydrogen) atoms. The molecule has 1 aliphatic heterocycles. The van der Waals surface area contributed by atoms with Crippen molar-refractivity contribution in [3.63, 3.8) is 0 Å². The number of rotatable bonds is 7. The Morgan fingerprint density at radius 2 is 1.67 bits per heavy atom. The Labute approximate surface area is 244 Å². The van der Waals surface area contributed by atoms with E-state index in [0.717, 1.165) is 77.2 Å². The Kier molecular flexibility index (Phi) is 7.75. The van der Waals surface area contributed by atoms with Gasteiger partial charge in [0, 0.05) is 65.4 Å². The van der Waals surface area contributed by atoms with E-state index in [1.54, 1.807) is 18.6 Å². The number of fused-ring (bicyclic) bond motifs is 1. The number of piperidine rings is 1. The summed E-state index contributed by atoms with van der Waals surface area (Å²) < 4.78 is 46.0. The zero-order valence-corrected chi connectivity index (χ0v) is 23.7. The summed E-state index contributed by atoms with van der Waals surface area (Å²) in [7, 11) is -0.322. The molecule has 1 aliphatic rings. The van der Waals surface area contributed by atoms with E-state index in [2.05, 4.69) is 24.8 Å². The van der Waals surface area contributed by atoms with Crippen molar-refractivity contribution in [1.29, 1.82) is 0 Å². The highest BCUT2D eigenvalue weighted by Gasteiger charge is 2.17. The molecule has 0 amide bonds. The van der Waals surface area contributed by atoms with E-state index in [1.165, 1.54) is 19.6 Å². The number of benzene rings is 2. The zero-order valence-electron chi connectivity index (χ0n) is 22.9. The molecule has 4 heterocycles. The van der Waals surface area contributed by atoms with Crippen molar-refractivity contribution in [3.05, 3.63) is 84.3 Å². The normalized spacial score (nSPS) is 14.2. The van der Waals surface area contributed by atoms with E-state index in [9.17, 15) is 13.0 Å². The molecule has 1 atom stereocenters. The predicted molar refractivity (Wildman–Crippen MR) is 159 cm³/mol. The molecule has 3 aromatic heterocycles. The van der Waals surface area contributed by atoms with Crippen molar-refractivity contribution in [3.8, 4) is 28.1 Å². The fraction of sp³-hybridized carbons (Fsp3) is 0.226. The molecule has 1 unspecified atom stereocenters. The molecule has 1 fully saturated rings. The first-order valence-corrected chi connectivity index (χ1v) is 14.9. The number of halogens is 2. The number of nitrogens with two attached hydrogens (primary N) is 1. The Morgan fingerprint density at radius 1 is 0.905 bits per heavy atom. The summed E-state index contributed by atoms with van der Waals surface area (Å²) in [5.41, 5.74) is 10.7. The first kappa shape index (κ1) is 27.6. The molecule has 0 radical (unpaired) electrons. The average molecular weight is 587 g/mol. The molecule has 1 saturated heterocycles. The summed E-state index contributed by atoms with van der Waals surface area (Å²) in [5.74, 6) is -0.268. The second-order valence-corrected chi connectivity index (χ2v) is 11.5. The van der Waals surface area contributed by atoms with Crippen LogP contribution < -0.4 is 15.4 Å². The van der Waals surface area contributed by atoms with Gasteiger partial charge in [0.2, 0.25) is 11.8 Å². The number of hydrogen-bond donors (Lipinski definition) is 1. The Bertz CT molecular complexity index is 1800. The fourth-order valence-electron chi connectivity index (χ4n) is 5.14. The van der Waals surface area contributed by atoms with Crippen LogP contribution in [0, 0.1) is 11.6 Å². The number of anilines is 2. The van der Waals surface area contributed by atoms with Crippen LogP contribution in [-0.4, -0.2) is 44.3 Å². The zero-order chi connectivity index (χ0) is 29.2. The standard InChI is InChI=1S/C31H28F2N6O2S/c1-41-30-22(18-42(40)28-8-6-24(32)14-26(28)33)12-21(15-35-30)19-5-7-27-20(11-19)13-25(29(34)38-27)23-16-36-31(37-17-23)39-9-3-2-4-10-39/h5-8,11-17H,2-4,9-10,18H2,1H3,(H2,34,38). The summed E-state index contributed by atoms with van der Waals surface area (Å²) in [5, 5.41) is 0.853. The van der Waals surface area contributed by atoms with Crippen LogP contribution in [0.25, 0.3) is 33.2 Å². The summed E-state index contributed by atoms with van der Waals surface area (Å²) in [4.78, 5) is 20.3. The van der Waals surface area contributed by atoms with Crippen molar-refractivity contribution in [2.24, 2.45) is 0 Å².